The average Bonchev–Trinajstić information content (AvgIpc) is 2.31. The van der Waals surface area contributed by atoms with E-state index in [4.69, 9.17) is 0 Å². The molecule has 12 heavy (non-hydrogen) atoms. The summed E-state index contributed by atoms with van der Waals surface area (Å²) in [5, 5.41) is 1.57. The first-order valence-electron chi connectivity index (χ1n) is 4.93. The molecule has 0 spiro atoms. The SMILES string of the molecule is CC(C)[C@@H]1S[C@H](C)CN1C(C)C. The van der Waals surface area contributed by atoms with Crippen molar-refractivity contribution in [3.05, 3.63) is 0 Å². The van der Waals surface area contributed by atoms with E-state index in [0.29, 0.717) is 6.04 Å². The summed E-state index contributed by atoms with van der Waals surface area (Å²) < 4.78 is 0. The molecule has 2 heteroatoms. The number of rotatable bonds is 2. The van der Waals surface area contributed by atoms with Crippen molar-refractivity contribution in [1.29, 1.82) is 0 Å². The Morgan fingerprint density at radius 1 is 1.25 bits per heavy atom. The molecule has 0 amide bonds. The second-order valence-electron chi connectivity index (χ2n) is 4.37. The molecule has 0 bridgehead atoms. The molecule has 0 aromatic carbocycles. The van der Waals surface area contributed by atoms with Gasteiger partial charge in [0.15, 0.2) is 0 Å². The van der Waals surface area contributed by atoms with Gasteiger partial charge in [0.2, 0.25) is 0 Å². The van der Waals surface area contributed by atoms with Crippen LogP contribution in [0.1, 0.15) is 34.6 Å². The zero-order valence-corrected chi connectivity index (χ0v) is 9.69. The van der Waals surface area contributed by atoms with E-state index < -0.39 is 0 Å². The minimum Gasteiger partial charge on any atom is -0.288 e. The highest BCUT2D eigenvalue weighted by Gasteiger charge is 2.33. The molecule has 1 aliphatic rings. The van der Waals surface area contributed by atoms with E-state index in [1.54, 1.807) is 0 Å². The van der Waals surface area contributed by atoms with Crippen LogP contribution in [0.25, 0.3) is 0 Å². The van der Waals surface area contributed by atoms with Crippen LogP contribution >= 0.6 is 11.8 Å². The van der Waals surface area contributed by atoms with E-state index in [1.165, 1.54) is 6.54 Å². The summed E-state index contributed by atoms with van der Waals surface area (Å²) in [5.41, 5.74) is 0. The van der Waals surface area contributed by atoms with Crippen molar-refractivity contribution in [3.8, 4) is 0 Å². The zero-order chi connectivity index (χ0) is 9.30. The van der Waals surface area contributed by atoms with Crippen LogP contribution in [-0.4, -0.2) is 28.1 Å². The minimum atomic E-state index is 0.704. The molecule has 0 saturated carbocycles. The van der Waals surface area contributed by atoms with Crippen LogP contribution < -0.4 is 0 Å². The quantitative estimate of drug-likeness (QED) is 0.654. The summed E-state index contributed by atoms with van der Waals surface area (Å²) in [4.78, 5) is 2.62. The Morgan fingerprint density at radius 3 is 2.17 bits per heavy atom. The molecule has 0 aromatic heterocycles. The van der Waals surface area contributed by atoms with Gasteiger partial charge >= 0.3 is 0 Å². The molecule has 1 heterocycles. The van der Waals surface area contributed by atoms with Gasteiger partial charge in [-0.3, -0.25) is 4.90 Å². The molecular weight excluding hydrogens is 166 g/mol. The second-order valence-corrected chi connectivity index (χ2v) is 5.93. The summed E-state index contributed by atoms with van der Waals surface area (Å²) in [6.07, 6.45) is 0. The highest BCUT2D eigenvalue weighted by Crippen LogP contribution is 2.35. The van der Waals surface area contributed by atoms with Crippen LogP contribution in [-0.2, 0) is 0 Å². The summed E-state index contributed by atoms with van der Waals surface area (Å²) in [5.74, 6) is 0.780. The van der Waals surface area contributed by atoms with E-state index >= 15 is 0 Å². The van der Waals surface area contributed by atoms with Crippen LogP contribution in [0.15, 0.2) is 0 Å². The Morgan fingerprint density at radius 2 is 1.83 bits per heavy atom. The van der Waals surface area contributed by atoms with E-state index in [0.717, 1.165) is 16.5 Å². The molecule has 0 radical (unpaired) electrons. The summed E-state index contributed by atoms with van der Waals surface area (Å²) in [6, 6.07) is 0.704. The molecular formula is C10H21NS. The molecule has 72 valence electrons. The Hall–Kier alpha value is 0.310. The van der Waals surface area contributed by atoms with Gasteiger partial charge in [-0.05, 0) is 19.8 Å². The van der Waals surface area contributed by atoms with E-state index in [2.05, 4.69) is 51.3 Å². The van der Waals surface area contributed by atoms with Gasteiger partial charge in [0.25, 0.3) is 0 Å². The van der Waals surface area contributed by atoms with Crippen molar-refractivity contribution >= 4 is 11.8 Å². The summed E-state index contributed by atoms with van der Waals surface area (Å²) >= 11 is 2.14. The van der Waals surface area contributed by atoms with Gasteiger partial charge < -0.3 is 0 Å². The van der Waals surface area contributed by atoms with Gasteiger partial charge in [-0.25, -0.2) is 0 Å². The first-order valence-corrected chi connectivity index (χ1v) is 5.88. The molecule has 2 atom stereocenters. The number of thioether (sulfide) groups is 1. The van der Waals surface area contributed by atoms with E-state index in [9.17, 15) is 0 Å². The molecule has 1 rings (SSSR count). The van der Waals surface area contributed by atoms with Crippen LogP contribution in [0.2, 0.25) is 0 Å². The lowest BCUT2D eigenvalue weighted by Gasteiger charge is -2.29. The van der Waals surface area contributed by atoms with Gasteiger partial charge in [-0.2, -0.15) is 0 Å². The van der Waals surface area contributed by atoms with Crippen molar-refractivity contribution in [2.75, 3.05) is 6.54 Å². The van der Waals surface area contributed by atoms with Gasteiger partial charge in [0.1, 0.15) is 0 Å². The summed E-state index contributed by atoms with van der Waals surface area (Å²) in [7, 11) is 0. The third-order valence-corrected chi connectivity index (χ3v) is 4.11. The first-order chi connectivity index (χ1) is 5.52. The fraction of sp³-hybridized carbons (Fsp3) is 1.00. The standard InChI is InChI=1S/C10H21NS/c1-7(2)10-11(8(3)4)6-9(5)12-10/h7-10H,6H2,1-5H3/t9-,10+/m1/s1. The van der Waals surface area contributed by atoms with Crippen LogP contribution in [0.5, 0.6) is 0 Å². The fourth-order valence-electron chi connectivity index (χ4n) is 1.80. The average molecular weight is 187 g/mol. The molecule has 1 nitrogen and oxygen atoms in total. The lowest BCUT2D eigenvalue weighted by atomic mass is 10.1. The highest BCUT2D eigenvalue weighted by molar-refractivity contribution is 8.00. The van der Waals surface area contributed by atoms with Crippen LogP contribution in [0.4, 0.5) is 0 Å². The molecule has 0 unspecified atom stereocenters. The molecule has 1 fully saturated rings. The Labute approximate surface area is 80.9 Å². The maximum Gasteiger partial charge on any atom is 0.0586 e. The minimum absolute atomic E-state index is 0.704. The molecule has 0 N–H and O–H groups in total. The van der Waals surface area contributed by atoms with E-state index in [1.807, 2.05) is 0 Å². The van der Waals surface area contributed by atoms with Crippen molar-refractivity contribution in [3.63, 3.8) is 0 Å². The third-order valence-electron chi connectivity index (χ3n) is 2.40. The maximum atomic E-state index is 2.62. The van der Waals surface area contributed by atoms with Gasteiger partial charge in [0.05, 0.1) is 5.37 Å². The highest BCUT2D eigenvalue weighted by atomic mass is 32.2. The Balaban J connectivity index is 2.59. The van der Waals surface area contributed by atoms with Crippen molar-refractivity contribution in [1.82, 2.24) is 4.90 Å². The van der Waals surface area contributed by atoms with Crippen molar-refractivity contribution in [2.24, 2.45) is 5.92 Å². The lowest BCUT2D eigenvalue weighted by Crippen LogP contribution is -2.37. The van der Waals surface area contributed by atoms with Gasteiger partial charge in [-0.15, -0.1) is 11.8 Å². The molecule has 1 aliphatic heterocycles. The number of hydrogen-bond donors (Lipinski definition) is 0. The number of nitrogens with zero attached hydrogens (tertiary/aromatic N) is 1. The predicted octanol–water partition coefficient (Wildman–Crippen LogP) is 2.81. The fourth-order valence-corrected chi connectivity index (χ4v) is 3.34. The maximum absolute atomic E-state index is 2.62. The zero-order valence-electron chi connectivity index (χ0n) is 8.87. The Kier molecular flexibility index (Phi) is 3.47. The molecule has 1 saturated heterocycles. The summed E-state index contributed by atoms with van der Waals surface area (Å²) in [6.45, 7) is 12.9. The Bertz CT molecular complexity index is 129. The van der Waals surface area contributed by atoms with E-state index in [-0.39, 0.29) is 0 Å². The largest absolute Gasteiger partial charge is 0.288 e. The smallest absolute Gasteiger partial charge is 0.0586 e. The molecule has 0 aliphatic carbocycles. The molecule has 0 aromatic rings. The second kappa shape index (κ2) is 4.01. The third kappa shape index (κ3) is 2.17. The predicted molar refractivity (Wildman–Crippen MR) is 57.5 cm³/mol. The number of hydrogen-bond acceptors (Lipinski definition) is 2. The van der Waals surface area contributed by atoms with Crippen molar-refractivity contribution < 1.29 is 0 Å². The van der Waals surface area contributed by atoms with Gasteiger partial charge in [0, 0.05) is 17.8 Å². The monoisotopic (exact) mass is 187 g/mol. The van der Waals surface area contributed by atoms with Gasteiger partial charge in [-0.1, -0.05) is 20.8 Å². The van der Waals surface area contributed by atoms with Crippen molar-refractivity contribution in [2.45, 2.75) is 51.3 Å². The van der Waals surface area contributed by atoms with Crippen LogP contribution in [0, 0.1) is 5.92 Å². The first kappa shape index (κ1) is 10.4. The van der Waals surface area contributed by atoms with Crippen LogP contribution in [0.3, 0.4) is 0 Å². The topological polar surface area (TPSA) is 3.24 Å². The lowest BCUT2D eigenvalue weighted by molar-refractivity contribution is 0.194. The normalized spacial score (nSPS) is 32.2.